The lowest BCUT2D eigenvalue weighted by molar-refractivity contribution is 0.0951. The Morgan fingerprint density at radius 2 is 2.05 bits per heavy atom. The second-order valence-corrected chi connectivity index (χ2v) is 5.37. The van der Waals surface area contributed by atoms with Gasteiger partial charge in [0.25, 0.3) is 5.91 Å². The van der Waals surface area contributed by atoms with E-state index in [0.717, 1.165) is 12.8 Å². The van der Waals surface area contributed by atoms with Gasteiger partial charge < -0.3 is 10.6 Å². The van der Waals surface area contributed by atoms with Crippen LogP contribution >= 0.6 is 11.6 Å². The molecule has 0 saturated heterocycles. The Balaban J connectivity index is 1.75. The second-order valence-electron chi connectivity index (χ2n) is 4.96. The molecule has 2 aromatic rings. The Hall–Kier alpha value is -2.14. The van der Waals surface area contributed by atoms with Crippen molar-refractivity contribution < 1.29 is 9.18 Å². The monoisotopic (exact) mass is 305 g/mol. The van der Waals surface area contributed by atoms with E-state index in [1.165, 1.54) is 18.3 Å². The zero-order valence-electron chi connectivity index (χ0n) is 11.1. The minimum Gasteiger partial charge on any atom is -0.354 e. The average Bonchev–Trinajstić information content (AvgIpc) is 3.27. The molecule has 1 saturated carbocycles. The van der Waals surface area contributed by atoms with E-state index in [-0.39, 0.29) is 10.9 Å². The third-order valence-corrected chi connectivity index (χ3v) is 3.41. The summed E-state index contributed by atoms with van der Waals surface area (Å²) in [5.41, 5.74) is 1.75. The van der Waals surface area contributed by atoms with Crippen LogP contribution in [0.2, 0.25) is 5.02 Å². The molecule has 0 radical (unpaired) electrons. The Kier molecular flexibility index (Phi) is 3.75. The van der Waals surface area contributed by atoms with Crippen LogP contribution in [0.15, 0.2) is 36.7 Å². The molecule has 1 aliphatic rings. The fourth-order valence-corrected chi connectivity index (χ4v) is 2.05. The first-order valence-electron chi connectivity index (χ1n) is 6.60. The van der Waals surface area contributed by atoms with Gasteiger partial charge in [-0.15, -0.1) is 0 Å². The minimum absolute atomic E-state index is 0.0376. The number of carbonyl (C=O) groups excluding carboxylic acids is 1. The first-order valence-corrected chi connectivity index (χ1v) is 6.97. The summed E-state index contributed by atoms with van der Waals surface area (Å²) in [6, 6.07) is 6.32. The van der Waals surface area contributed by atoms with Crippen LogP contribution in [0.25, 0.3) is 0 Å². The number of hydrogen-bond acceptors (Lipinski definition) is 3. The predicted octanol–water partition coefficient (Wildman–Crippen LogP) is 3.51. The summed E-state index contributed by atoms with van der Waals surface area (Å²) in [6.45, 7) is 0. The maximum absolute atomic E-state index is 13.1. The number of anilines is 2. The van der Waals surface area contributed by atoms with E-state index >= 15 is 0 Å². The quantitative estimate of drug-likeness (QED) is 0.909. The number of halogens is 2. The highest BCUT2D eigenvalue weighted by Gasteiger charge is 2.23. The van der Waals surface area contributed by atoms with Crippen LogP contribution in [-0.4, -0.2) is 16.9 Å². The first kappa shape index (κ1) is 13.8. The highest BCUT2D eigenvalue weighted by atomic mass is 35.5. The summed E-state index contributed by atoms with van der Waals surface area (Å²) in [4.78, 5) is 16.0. The summed E-state index contributed by atoms with van der Waals surface area (Å²) in [5.74, 6) is -0.608. The van der Waals surface area contributed by atoms with Gasteiger partial charge in [0.1, 0.15) is 5.82 Å². The maximum Gasteiger partial charge on any atom is 0.253 e. The summed E-state index contributed by atoms with van der Waals surface area (Å²) in [7, 11) is 0. The van der Waals surface area contributed by atoms with Crippen molar-refractivity contribution in [1.82, 2.24) is 10.3 Å². The Morgan fingerprint density at radius 1 is 1.24 bits per heavy atom. The standard InChI is InChI=1S/C15H13ClFN3O/c16-13-6-11(3-4-14(13)17)19-12-5-9(7-18-8-12)15(21)20-10-1-2-10/h3-8,10,19H,1-2H2,(H,20,21). The van der Waals surface area contributed by atoms with Crippen LogP contribution in [-0.2, 0) is 0 Å². The number of hydrogen-bond donors (Lipinski definition) is 2. The van der Waals surface area contributed by atoms with Crippen LogP contribution in [0.5, 0.6) is 0 Å². The number of aromatic nitrogens is 1. The fraction of sp³-hybridized carbons (Fsp3) is 0.200. The molecule has 108 valence electrons. The minimum atomic E-state index is -0.474. The fourth-order valence-electron chi connectivity index (χ4n) is 1.87. The number of pyridine rings is 1. The van der Waals surface area contributed by atoms with Crippen molar-refractivity contribution in [1.29, 1.82) is 0 Å². The van der Waals surface area contributed by atoms with Gasteiger partial charge in [0.15, 0.2) is 0 Å². The Morgan fingerprint density at radius 3 is 2.76 bits per heavy atom. The van der Waals surface area contributed by atoms with Gasteiger partial charge in [-0.05, 0) is 37.1 Å². The van der Waals surface area contributed by atoms with Gasteiger partial charge in [0.2, 0.25) is 0 Å². The summed E-state index contributed by atoms with van der Waals surface area (Å²) in [5, 5.41) is 5.98. The molecule has 1 aromatic carbocycles. The molecule has 0 atom stereocenters. The van der Waals surface area contributed by atoms with Crippen molar-refractivity contribution in [2.75, 3.05) is 5.32 Å². The molecule has 21 heavy (non-hydrogen) atoms. The van der Waals surface area contributed by atoms with Gasteiger partial charge >= 0.3 is 0 Å². The molecule has 0 spiro atoms. The zero-order chi connectivity index (χ0) is 14.8. The van der Waals surface area contributed by atoms with E-state index in [2.05, 4.69) is 15.6 Å². The van der Waals surface area contributed by atoms with E-state index < -0.39 is 5.82 Å². The molecule has 3 rings (SSSR count). The molecule has 1 fully saturated rings. The Labute approximate surface area is 126 Å². The molecule has 6 heteroatoms. The van der Waals surface area contributed by atoms with Gasteiger partial charge in [0, 0.05) is 17.9 Å². The topological polar surface area (TPSA) is 54.0 Å². The maximum atomic E-state index is 13.1. The van der Waals surface area contributed by atoms with Crippen LogP contribution in [0.1, 0.15) is 23.2 Å². The SMILES string of the molecule is O=C(NC1CC1)c1cncc(Nc2ccc(F)c(Cl)c2)c1. The Bertz CT molecular complexity index is 688. The molecular weight excluding hydrogens is 293 g/mol. The highest BCUT2D eigenvalue weighted by molar-refractivity contribution is 6.31. The molecule has 4 nitrogen and oxygen atoms in total. The van der Waals surface area contributed by atoms with E-state index in [0.29, 0.717) is 23.0 Å². The molecule has 0 bridgehead atoms. The number of nitrogens with zero attached hydrogens (tertiary/aromatic N) is 1. The van der Waals surface area contributed by atoms with Gasteiger partial charge in [-0.25, -0.2) is 4.39 Å². The summed E-state index contributed by atoms with van der Waals surface area (Å²) >= 11 is 5.73. The predicted molar refractivity (Wildman–Crippen MR) is 79.4 cm³/mol. The van der Waals surface area contributed by atoms with Crippen molar-refractivity contribution in [2.45, 2.75) is 18.9 Å². The molecule has 1 aliphatic carbocycles. The largest absolute Gasteiger partial charge is 0.354 e. The molecule has 1 heterocycles. The number of nitrogens with one attached hydrogen (secondary N) is 2. The number of benzene rings is 1. The number of rotatable bonds is 4. The molecule has 0 aliphatic heterocycles. The molecule has 2 N–H and O–H groups in total. The van der Waals surface area contributed by atoms with Crippen molar-refractivity contribution >= 4 is 28.9 Å². The van der Waals surface area contributed by atoms with Crippen LogP contribution in [0.4, 0.5) is 15.8 Å². The zero-order valence-corrected chi connectivity index (χ0v) is 11.8. The lowest BCUT2D eigenvalue weighted by Crippen LogP contribution is -2.25. The first-order chi connectivity index (χ1) is 10.1. The van der Waals surface area contributed by atoms with Crippen molar-refractivity contribution in [3.63, 3.8) is 0 Å². The van der Waals surface area contributed by atoms with Crippen LogP contribution in [0.3, 0.4) is 0 Å². The van der Waals surface area contributed by atoms with Crippen molar-refractivity contribution in [2.24, 2.45) is 0 Å². The third kappa shape index (κ3) is 3.49. The highest BCUT2D eigenvalue weighted by Crippen LogP contribution is 2.23. The lowest BCUT2D eigenvalue weighted by atomic mass is 10.2. The van der Waals surface area contributed by atoms with Crippen molar-refractivity contribution in [3.05, 3.63) is 53.1 Å². The second kappa shape index (κ2) is 5.69. The van der Waals surface area contributed by atoms with Crippen molar-refractivity contribution in [3.8, 4) is 0 Å². The van der Waals surface area contributed by atoms with Gasteiger partial charge in [-0.3, -0.25) is 9.78 Å². The van der Waals surface area contributed by atoms with Gasteiger partial charge in [0.05, 0.1) is 22.5 Å². The van der Waals surface area contributed by atoms with E-state index in [1.54, 1.807) is 18.3 Å². The molecule has 1 aromatic heterocycles. The van der Waals surface area contributed by atoms with E-state index in [1.807, 2.05) is 0 Å². The van der Waals surface area contributed by atoms with Crippen LogP contribution < -0.4 is 10.6 Å². The molecule has 1 amide bonds. The number of carbonyl (C=O) groups is 1. The van der Waals surface area contributed by atoms with Gasteiger partial charge in [-0.2, -0.15) is 0 Å². The molecule has 0 unspecified atom stereocenters. The molecular formula is C15H13ClFN3O. The van der Waals surface area contributed by atoms with E-state index in [9.17, 15) is 9.18 Å². The lowest BCUT2D eigenvalue weighted by Gasteiger charge is -2.09. The number of amides is 1. The smallest absolute Gasteiger partial charge is 0.253 e. The summed E-state index contributed by atoms with van der Waals surface area (Å²) < 4.78 is 13.1. The normalized spacial score (nSPS) is 13.8. The average molecular weight is 306 g/mol. The van der Waals surface area contributed by atoms with Crippen LogP contribution in [0, 0.1) is 5.82 Å². The van der Waals surface area contributed by atoms with Gasteiger partial charge in [-0.1, -0.05) is 11.6 Å². The van der Waals surface area contributed by atoms with E-state index in [4.69, 9.17) is 11.6 Å². The third-order valence-electron chi connectivity index (χ3n) is 3.12. The summed E-state index contributed by atoms with van der Waals surface area (Å²) in [6.07, 6.45) is 5.17.